The largest absolute Gasteiger partial charge is 0.494 e. The highest BCUT2D eigenvalue weighted by molar-refractivity contribution is 6.00. The fraction of sp³-hybridized carbons (Fsp3) is 0.391. The molecule has 0 unspecified atom stereocenters. The molecule has 0 saturated carbocycles. The maximum atomic E-state index is 12.5. The Labute approximate surface area is 165 Å². The first-order valence-corrected chi connectivity index (χ1v) is 9.92. The van der Waals surface area contributed by atoms with Crippen LogP contribution in [0.4, 0.5) is 0 Å². The van der Waals surface area contributed by atoms with Crippen molar-refractivity contribution in [2.75, 3.05) is 19.7 Å². The van der Waals surface area contributed by atoms with Gasteiger partial charge in [-0.3, -0.25) is 9.59 Å². The van der Waals surface area contributed by atoms with E-state index in [9.17, 15) is 9.59 Å². The molecule has 4 rings (SSSR count). The maximum Gasteiger partial charge on any atom is 0.222 e. The van der Waals surface area contributed by atoms with Crippen LogP contribution in [0.2, 0.25) is 0 Å². The predicted octanol–water partition coefficient (Wildman–Crippen LogP) is 3.87. The van der Waals surface area contributed by atoms with E-state index in [4.69, 9.17) is 9.47 Å². The Morgan fingerprint density at radius 1 is 1.04 bits per heavy atom. The second-order valence-corrected chi connectivity index (χ2v) is 7.53. The molecule has 0 atom stereocenters. The van der Waals surface area contributed by atoms with E-state index in [0.717, 1.165) is 5.75 Å². The van der Waals surface area contributed by atoms with E-state index < -0.39 is 5.60 Å². The molecule has 1 saturated heterocycles. The zero-order valence-corrected chi connectivity index (χ0v) is 15.9. The van der Waals surface area contributed by atoms with Crippen molar-refractivity contribution in [1.29, 1.82) is 0 Å². The Balaban J connectivity index is 1.25. The van der Waals surface area contributed by atoms with Crippen LogP contribution in [-0.2, 0) is 4.79 Å². The van der Waals surface area contributed by atoms with Crippen LogP contribution in [0.25, 0.3) is 0 Å². The SMILES string of the molecule is O=C1CC2(CCN(C(=O)CCCOc3ccccc3)CC2)Oc2ccccc21. The van der Waals surface area contributed by atoms with Gasteiger partial charge in [-0.25, -0.2) is 0 Å². The van der Waals surface area contributed by atoms with Crippen molar-refractivity contribution in [2.24, 2.45) is 0 Å². The zero-order chi connectivity index (χ0) is 19.4. The van der Waals surface area contributed by atoms with Gasteiger partial charge in [0, 0.05) is 32.4 Å². The molecule has 0 bridgehead atoms. The van der Waals surface area contributed by atoms with Crippen molar-refractivity contribution in [1.82, 2.24) is 4.90 Å². The third-order valence-corrected chi connectivity index (χ3v) is 5.57. The molecule has 28 heavy (non-hydrogen) atoms. The van der Waals surface area contributed by atoms with Crippen LogP contribution >= 0.6 is 0 Å². The van der Waals surface area contributed by atoms with Crippen LogP contribution in [0.1, 0.15) is 42.5 Å². The molecule has 5 heteroatoms. The summed E-state index contributed by atoms with van der Waals surface area (Å²) in [4.78, 5) is 26.9. The van der Waals surface area contributed by atoms with E-state index in [0.29, 0.717) is 63.1 Å². The Hall–Kier alpha value is -2.82. The highest BCUT2D eigenvalue weighted by atomic mass is 16.5. The Morgan fingerprint density at radius 3 is 2.54 bits per heavy atom. The zero-order valence-electron chi connectivity index (χ0n) is 15.9. The van der Waals surface area contributed by atoms with E-state index in [1.165, 1.54) is 0 Å². The van der Waals surface area contributed by atoms with E-state index in [1.54, 1.807) is 0 Å². The van der Waals surface area contributed by atoms with Crippen molar-refractivity contribution in [3.8, 4) is 11.5 Å². The number of nitrogens with zero attached hydrogens (tertiary/aromatic N) is 1. The Morgan fingerprint density at radius 2 is 1.75 bits per heavy atom. The summed E-state index contributed by atoms with van der Waals surface area (Å²) < 4.78 is 11.9. The van der Waals surface area contributed by atoms with Gasteiger partial charge >= 0.3 is 0 Å². The van der Waals surface area contributed by atoms with Crippen LogP contribution in [0.5, 0.6) is 11.5 Å². The van der Waals surface area contributed by atoms with Gasteiger partial charge in [0.05, 0.1) is 18.6 Å². The number of likely N-dealkylation sites (tertiary alicyclic amines) is 1. The number of ether oxygens (including phenoxy) is 2. The summed E-state index contributed by atoms with van der Waals surface area (Å²) in [6.07, 6.45) is 2.95. The van der Waals surface area contributed by atoms with E-state index in [2.05, 4.69) is 0 Å². The number of ketones is 1. The van der Waals surface area contributed by atoms with Crippen molar-refractivity contribution >= 4 is 11.7 Å². The van der Waals surface area contributed by atoms with Crippen LogP contribution < -0.4 is 9.47 Å². The molecule has 2 aromatic carbocycles. The Bertz CT molecular complexity index is 841. The van der Waals surface area contributed by atoms with Crippen molar-refractivity contribution in [3.63, 3.8) is 0 Å². The first-order valence-electron chi connectivity index (χ1n) is 9.92. The second kappa shape index (κ2) is 8.05. The molecule has 5 nitrogen and oxygen atoms in total. The molecule has 1 fully saturated rings. The van der Waals surface area contributed by atoms with E-state index in [1.807, 2.05) is 59.5 Å². The van der Waals surface area contributed by atoms with Crippen LogP contribution in [-0.4, -0.2) is 41.9 Å². The third-order valence-electron chi connectivity index (χ3n) is 5.57. The number of fused-ring (bicyclic) bond motifs is 1. The number of para-hydroxylation sites is 2. The average Bonchev–Trinajstić information content (AvgIpc) is 2.72. The number of carbonyl (C=O) groups is 2. The number of hydrogen-bond acceptors (Lipinski definition) is 4. The molecule has 0 radical (unpaired) electrons. The number of rotatable bonds is 5. The van der Waals surface area contributed by atoms with Gasteiger partial charge in [-0.1, -0.05) is 30.3 Å². The molecule has 1 amide bonds. The monoisotopic (exact) mass is 379 g/mol. The molecule has 2 aliphatic rings. The van der Waals surface area contributed by atoms with Gasteiger partial charge < -0.3 is 14.4 Å². The summed E-state index contributed by atoms with van der Waals surface area (Å²) in [6, 6.07) is 17.1. The molecule has 0 aromatic heterocycles. The number of piperidine rings is 1. The number of hydrogen-bond donors (Lipinski definition) is 0. The molecule has 2 aliphatic heterocycles. The highest BCUT2D eigenvalue weighted by Crippen LogP contribution is 2.39. The number of Topliss-reactive ketones (excluding diaryl/α,β-unsaturated/α-hetero) is 1. The molecular weight excluding hydrogens is 354 g/mol. The van der Waals surface area contributed by atoms with Crippen LogP contribution in [0.15, 0.2) is 54.6 Å². The average molecular weight is 379 g/mol. The molecule has 0 aliphatic carbocycles. The topological polar surface area (TPSA) is 55.8 Å². The molecule has 2 aromatic rings. The molecule has 146 valence electrons. The van der Waals surface area contributed by atoms with Crippen molar-refractivity contribution in [2.45, 2.75) is 37.7 Å². The summed E-state index contributed by atoms with van der Waals surface area (Å²) in [6.45, 7) is 1.80. The van der Waals surface area contributed by atoms with Crippen LogP contribution in [0, 0.1) is 0 Å². The summed E-state index contributed by atoms with van der Waals surface area (Å²) >= 11 is 0. The lowest BCUT2D eigenvalue weighted by Crippen LogP contribution is -2.52. The van der Waals surface area contributed by atoms with Gasteiger partial charge in [0.25, 0.3) is 0 Å². The van der Waals surface area contributed by atoms with Gasteiger partial charge in [-0.2, -0.15) is 0 Å². The van der Waals surface area contributed by atoms with Gasteiger partial charge in [0.15, 0.2) is 5.78 Å². The van der Waals surface area contributed by atoms with Crippen molar-refractivity contribution in [3.05, 3.63) is 60.2 Å². The summed E-state index contributed by atoms with van der Waals surface area (Å²) in [7, 11) is 0. The van der Waals surface area contributed by atoms with Gasteiger partial charge in [-0.15, -0.1) is 0 Å². The number of benzene rings is 2. The first kappa shape index (κ1) is 18.5. The lowest BCUT2D eigenvalue weighted by atomic mass is 9.82. The first-order chi connectivity index (χ1) is 13.7. The highest BCUT2D eigenvalue weighted by Gasteiger charge is 2.43. The minimum atomic E-state index is -0.460. The summed E-state index contributed by atoms with van der Waals surface area (Å²) in [5.74, 6) is 1.79. The molecule has 2 heterocycles. The van der Waals surface area contributed by atoms with Gasteiger partial charge in [0.2, 0.25) is 5.91 Å². The van der Waals surface area contributed by atoms with E-state index in [-0.39, 0.29) is 11.7 Å². The third kappa shape index (κ3) is 4.03. The minimum Gasteiger partial charge on any atom is -0.494 e. The fourth-order valence-electron chi connectivity index (χ4n) is 3.97. The fourth-order valence-corrected chi connectivity index (χ4v) is 3.97. The van der Waals surface area contributed by atoms with Gasteiger partial charge in [-0.05, 0) is 30.7 Å². The quantitative estimate of drug-likeness (QED) is 0.740. The molecule has 1 spiro atoms. The molecule has 0 N–H and O–H groups in total. The maximum absolute atomic E-state index is 12.5. The Kier molecular flexibility index (Phi) is 5.33. The summed E-state index contributed by atoms with van der Waals surface area (Å²) in [5, 5.41) is 0. The lowest BCUT2D eigenvalue weighted by Gasteiger charge is -2.44. The normalized spacial score (nSPS) is 17.7. The van der Waals surface area contributed by atoms with Crippen molar-refractivity contribution < 1.29 is 19.1 Å². The summed E-state index contributed by atoms with van der Waals surface area (Å²) in [5.41, 5.74) is 0.212. The standard InChI is InChI=1S/C23H25NO4/c25-20-17-23(28-21-10-5-4-9-19(20)21)12-14-24(15-13-23)22(26)11-6-16-27-18-7-2-1-3-8-18/h1-5,7-10H,6,11-17H2. The molecular formula is C23H25NO4. The number of carbonyl (C=O) groups excluding carboxylic acids is 2. The minimum absolute atomic E-state index is 0.139. The van der Waals surface area contributed by atoms with Crippen LogP contribution in [0.3, 0.4) is 0 Å². The predicted molar refractivity (Wildman–Crippen MR) is 106 cm³/mol. The lowest BCUT2D eigenvalue weighted by molar-refractivity contribution is -0.135. The van der Waals surface area contributed by atoms with E-state index >= 15 is 0 Å². The number of amides is 1. The second-order valence-electron chi connectivity index (χ2n) is 7.53. The smallest absolute Gasteiger partial charge is 0.222 e. The van der Waals surface area contributed by atoms with Gasteiger partial charge in [0.1, 0.15) is 17.1 Å².